The van der Waals surface area contributed by atoms with E-state index in [0.717, 1.165) is 17.6 Å². The van der Waals surface area contributed by atoms with Crippen LogP contribution in [-0.4, -0.2) is 17.5 Å². The van der Waals surface area contributed by atoms with Crippen LogP contribution in [0.15, 0.2) is 18.3 Å². The number of nitrogens with zero attached hydrogens (tertiary/aromatic N) is 1. The van der Waals surface area contributed by atoms with Crippen LogP contribution in [0, 0.1) is 5.82 Å². The number of fused-ring (bicyclic) bond motifs is 1. The van der Waals surface area contributed by atoms with E-state index in [1.54, 1.807) is 6.07 Å². The Balaban J connectivity index is 2.64. The minimum absolute atomic E-state index is 0.210. The first-order valence-corrected chi connectivity index (χ1v) is 4.62. The Kier molecular flexibility index (Phi) is 2.17. The molecular formula is C9H6FNO2S. The molecule has 0 aliphatic heterocycles. The molecule has 0 atom stereocenters. The highest BCUT2D eigenvalue weighted by molar-refractivity contribution is 7.13. The number of ether oxygens (including phenoxy) is 1. The lowest BCUT2D eigenvalue weighted by atomic mass is 10.2. The topological polar surface area (TPSA) is 39.2 Å². The van der Waals surface area contributed by atoms with Gasteiger partial charge in [-0.05, 0) is 23.7 Å². The SMILES string of the molecule is COC(=O)c1cc(F)c2cnsc2c1. The maximum Gasteiger partial charge on any atom is 0.338 e. The van der Waals surface area contributed by atoms with Crippen LogP contribution in [0.2, 0.25) is 0 Å². The zero-order valence-electron chi connectivity index (χ0n) is 7.28. The van der Waals surface area contributed by atoms with Crippen molar-refractivity contribution in [3.63, 3.8) is 0 Å². The minimum Gasteiger partial charge on any atom is -0.465 e. The zero-order valence-corrected chi connectivity index (χ0v) is 8.10. The maximum absolute atomic E-state index is 13.3. The van der Waals surface area contributed by atoms with E-state index < -0.39 is 11.8 Å². The lowest BCUT2D eigenvalue weighted by Gasteiger charge is -1.99. The average molecular weight is 211 g/mol. The summed E-state index contributed by atoms with van der Waals surface area (Å²) in [5.41, 5.74) is 0.210. The van der Waals surface area contributed by atoms with Crippen molar-refractivity contribution in [1.82, 2.24) is 4.37 Å². The lowest BCUT2D eigenvalue weighted by Crippen LogP contribution is -2.01. The number of benzene rings is 1. The van der Waals surface area contributed by atoms with Gasteiger partial charge in [0.05, 0.1) is 23.6 Å². The third kappa shape index (κ3) is 1.35. The summed E-state index contributed by atoms with van der Waals surface area (Å²) >= 11 is 1.15. The summed E-state index contributed by atoms with van der Waals surface area (Å²) in [6.45, 7) is 0. The summed E-state index contributed by atoms with van der Waals surface area (Å²) in [5.74, 6) is -0.990. The van der Waals surface area contributed by atoms with E-state index in [4.69, 9.17) is 0 Å². The van der Waals surface area contributed by atoms with Crippen molar-refractivity contribution in [2.24, 2.45) is 0 Å². The second kappa shape index (κ2) is 3.34. The summed E-state index contributed by atoms with van der Waals surface area (Å²) in [4.78, 5) is 11.1. The molecule has 0 N–H and O–H groups in total. The van der Waals surface area contributed by atoms with Crippen LogP contribution >= 0.6 is 11.5 Å². The van der Waals surface area contributed by atoms with Crippen molar-refractivity contribution >= 4 is 27.6 Å². The molecule has 72 valence electrons. The number of hydrogen-bond donors (Lipinski definition) is 0. The average Bonchev–Trinajstić information content (AvgIpc) is 2.64. The van der Waals surface area contributed by atoms with Gasteiger partial charge in [0.15, 0.2) is 0 Å². The summed E-state index contributed by atoms with van der Waals surface area (Å²) in [6.07, 6.45) is 1.44. The predicted molar refractivity (Wildman–Crippen MR) is 50.9 cm³/mol. The van der Waals surface area contributed by atoms with Crippen LogP contribution in [0.5, 0.6) is 0 Å². The molecule has 0 aliphatic carbocycles. The Morgan fingerprint density at radius 2 is 2.36 bits per heavy atom. The molecule has 1 aromatic heterocycles. The third-order valence-corrected chi connectivity index (χ3v) is 2.59. The standard InChI is InChI=1S/C9H6FNO2S/c1-13-9(12)5-2-7(10)6-4-11-14-8(6)3-5/h2-4H,1H3. The highest BCUT2D eigenvalue weighted by atomic mass is 32.1. The van der Waals surface area contributed by atoms with Crippen molar-refractivity contribution in [3.05, 3.63) is 29.7 Å². The molecule has 5 heteroatoms. The van der Waals surface area contributed by atoms with Crippen molar-refractivity contribution in [2.45, 2.75) is 0 Å². The second-order valence-corrected chi connectivity index (χ2v) is 3.52. The fourth-order valence-corrected chi connectivity index (χ4v) is 1.86. The van der Waals surface area contributed by atoms with Gasteiger partial charge in [0, 0.05) is 5.39 Å². The first-order valence-electron chi connectivity index (χ1n) is 3.84. The van der Waals surface area contributed by atoms with Crippen LogP contribution in [-0.2, 0) is 4.74 Å². The number of esters is 1. The normalized spacial score (nSPS) is 10.4. The second-order valence-electron chi connectivity index (χ2n) is 2.69. The van der Waals surface area contributed by atoms with Crippen LogP contribution < -0.4 is 0 Å². The van der Waals surface area contributed by atoms with E-state index >= 15 is 0 Å². The van der Waals surface area contributed by atoms with Crippen molar-refractivity contribution in [3.8, 4) is 0 Å². The Hall–Kier alpha value is -1.49. The Morgan fingerprint density at radius 3 is 3.07 bits per heavy atom. The molecule has 2 aromatic rings. The quantitative estimate of drug-likeness (QED) is 0.679. The fraction of sp³-hybridized carbons (Fsp3) is 0.111. The number of hydrogen-bond acceptors (Lipinski definition) is 4. The van der Waals surface area contributed by atoms with Gasteiger partial charge in [-0.3, -0.25) is 0 Å². The number of rotatable bonds is 1. The molecule has 0 saturated carbocycles. The molecule has 0 fully saturated rings. The van der Waals surface area contributed by atoms with E-state index in [2.05, 4.69) is 9.11 Å². The lowest BCUT2D eigenvalue weighted by molar-refractivity contribution is 0.0600. The molecule has 0 aliphatic rings. The maximum atomic E-state index is 13.3. The summed E-state index contributed by atoms with van der Waals surface area (Å²) in [6, 6.07) is 2.73. The van der Waals surface area contributed by atoms with Gasteiger partial charge < -0.3 is 4.74 Å². The van der Waals surface area contributed by atoms with Gasteiger partial charge in [-0.15, -0.1) is 0 Å². The molecule has 0 unspecified atom stereocenters. The van der Waals surface area contributed by atoms with E-state index in [0.29, 0.717) is 10.1 Å². The van der Waals surface area contributed by atoms with Crippen molar-refractivity contribution in [1.29, 1.82) is 0 Å². The molecule has 0 amide bonds. The van der Waals surface area contributed by atoms with Gasteiger partial charge in [0.2, 0.25) is 0 Å². The van der Waals surface area contributed by atoms with Crippen molar-refractivity contribution < 1.29 is 13.9 Å². The van der Waals surface area contributed by atoms with Gasteiger partial charge >= 0.3 is 5.97 Å². The molecule has 1 heterocycles. The number of carbonyl (C=O) groups is 1. The van der Waals surface area contributed by atoms with Gasteiger partial charge in [-0.2, -0.15) is 4.37 Å². The highest BCUT2D eigenvalue weighted by Gasteiger charge is 2.11. The van der Waals surface area contributed by atoms with Gasteiger partial charge in [0.25, 0.3) is 0 Å². The van der Waals surface area contributed by atoms with Crippen LogP contribution in [0.1, 0.15) is 10.4 Å². The Bertz CT molecular complexity index is 495. The first kappa shape index (κ1) is 9.08. The van der Waals surface area contributed by atoms with E-state index in [1.165, 1.54) is 13.3 Å². The Labute approximate surface area is 83.3 Å². The molecule has 3 nitrogen and oxygen atoms in total. The van der Waals surface area contributed by atoms with Crippen LogP contribution in [0.25, 0.3) is 10.1 Å². The van der Waals surface area contributed by atoms with E-state index in [9.17, 15) is 9.18 Å². The molecule has 0 spiro atoms. The van der Waals surface area contributed by atoms with Gasteiger partial charge in [-0.25, -0.2) is 9.18 Å². The summed E-state index contributed by atoms with van der Waals surface area (Å²) in [7, 11) is 1.26. The number of methoxy groups -OCH3 is 1. The zero-order chi connectivity index (χ0) is 10.1. The van der Waals surface area contributed by atoms with Crippen molar-refractivity contribution in [2.75, 3.05) is 7.11 Å². The molecular weight excluding hydrogens is 205 g/mol. The number of halogens is 1. The number of aromatic nitrogens is 1. The van der Waals surface area contributed by atoms with Crippen LogP contribution in [0.4, 0.5) is 4.39 Å². The molecule has 2 rings (SSSR count). The number of carbonyl (C=O) groups excluding carboxylic acids is 1. The summed E-state index contributed by atoms with van der Waals surface area (Å²) < 4.78 is 22.3. The summed E-state index contributed by atoms with van der Waals surface area (Å²) in [5, 5.41) is 0.433. The molecule has 0 saturated heterocycles. The molecule has 14 heavy (non-hydrogen) atoms. The van der Waals surface area contributed by atoms with Gasteiger partial charge in [0.1, 0.15) is 5.82 Å². The van der Waals surface area contributed by atoms with E-state index in [-0.39, 0.29) is 5.56 Å². The smallest absolute Gasteiger partial charge is 0.338 e. The fourth-order valence-electron chi connectivity index (χ4n) is 1.16. The third-order valence-electron chi connectivity index (χ3n) is 1.85. The first-order chi connectivity index (χ1) is 6.72. The minimum atomic E-state index is -0.542. The highest BCUT2D eigenvalue weighted by Crippen LogP contribution is 2.23. The molecule has 1 aromatic carbocycles. The van der Waals surface area contributed by atoms with Gasteiger partial charge in [-0.1, -0.05) is 0 Å². The predicted octanol–water partition coefficient (Wildman–Crippen LogP) is 2.22. The molecule has 0 bridgehead atoms. The Morgan fingerprint density at radius 1 is 1.57 bits per heavy atom. The monoisotopic (exact) mass is 211 g/mol. The largest absolute Gasteiger partial charge is 0.465 e. The van der Waals surface area contributed by atoms with Crippen LogP contribution in [0.3, 0.4) is 0 Å². The van der Waals surface area contributed by atoms with E-state index in [1.807, 2.05) is 0 Å². The molecule has 0 radical (unpaired) electrons.